The van der Waals surface area contributed by atoms with Crippen LogP contribution in [-0.2, 0) is 42.9 Å². The van der Waals surface area contributed by atoms with E-state index in [1.165, 1.54) is 12.8 Å². The molecule has 0 aliphatic rings. The van der Waals surface area contributed by atoms with E-state index in [-0.39, 0.29) is 39.3 Å². The Morgan fingerprint density at radius 1 is 0.611 bits per heavy atom. The predicted molar refractivity (Wildman–Crippen MR) is 210 cm³/mol. The zero-order valence-corrected chi connectivity index (χ0v) is 33.4. The average molecular weight is 767 g/mol. The van der Waals surface area contributed by atoms with Gasteiger partial charge in [-0.15, -0.1) is 0 Å². The molecule has 2 unspecified atom stereocenters. The predicted octanol–water partition coefficient (Wildman–Crippen LogP) is 7.20. The van der Waals surface area contributed by atoms with Crippen LogP contribution in [0.3, 0.4) is 0 Å². The number of carboxylic acid groups (broad SMARTS) is 2. The van der Waals surface area contributed by atoms with Crippen molar-refractivity contribution in [3.05, 3.63) is 23.8 Å². The first-order chi connectivity index (χ1) is 26.1. The van der Waals surface area contributed by atoms with Crippen LogP contribution in [0.25, 0.3) is 0 Å². The number of unbranched alkanes of at least 4 members (excludes halogenated alkanes) is 10. The van der Waals surface area contributed by atoms with E-state index in [2.05, 4.69) is 18.7 Å². The average Bonchev–Trinajstić information content (AvgIpc) is 3.14. The topological polar surface area (TPSA) is 184 Å². The number of anilines is 2. The number of rotatable bonds is 36. The molecule has 4 N–H and O–H groups in total. The van der Waals surface area contributed by atoms with Gasteiger partial charge in [0.2, 0.25) is 0 Å². The third kappa shape index (κ3) is 24.8. The molecule has 0 bridgehead atoms. The van der Waals surface area contributed by atoms with Gasteiger partial charge < -0.3 is 44.5 Å². The maximum Gasteiger partial charge on any atom is 0.307 e. The molecule has 1 aromatic rings. The highest BCUT2D eigenvalue weighted by molar-refractivity contribution is 5.79. The summed E-state index contributed by atoms with van der Waals surface area (Å²) in [4.78, 5) is 49.7. The smallest absolute Gasteiger partial charge is 0.307 e. The lowest BCUT2D eigenvalue weighted by Gasteiger charge is -2.25. The van der Waals surface area contributed by atoms with E-state index in [4.69, 9.17) is 29.4 Å². The van der Waals surface area contributed by atoms with Gasteiger partial charge in [-0.1, -0.05) is 90.9 Å². The van der Waals surface area contributed by atoms with E-state index in [9.17, 15) is 29.4 Å². The fourth-order valence-corrected chi connectivity index (χ4v) is 5.92. The van der Waals surface area contributed by atoms with Gasteiger partial charge in [0.05, 0.1) is 64.3 Å². The number of nitrogen functional groups attached to an aromatic ring is 1. The van der Waals surface area contributed by atoms with Crippen molar-refractivity contribution in [3.63, 3.8) is 0 Å². The molecule has 1 rings (SSSR count). The molecule has 1 aromatic carbocycles. The molecule has 0 heterocycles. The Morgan fingerprint density at radius 2 is 1.02 bits per heavy atom. The zero-order valence-electron chi connectivity index (χ0n) is 33.4. The number of aliphatic carboxylic acids is 2. The first-order valence-electron chi connectivity index (χ1n) is 20.2. The van der Waals surface area contributed by atoms with Crippen molar-refractivity contribution in [2.75, 3.05) is 76.6 Å². The second kappa shape index (κ2) is 31.9. The molecule has 0 spiro atoms. The van der Waals surface area contributed by atoms with E-state index < -0.39 is 35.7 Å². The number of esters is 2. The summed E-state index contributed by atoms with van der Waals surface area (Å²) in [7, 11) is 0. The van der Waals surface area contributed by atoms with Gasteiger partial charge in [0.15, 0.2) is 0 Å². The first-order valence-corrected chi connectivity index (χ1v) is 20.2. The molecule has 310 valence electrons. The standard InChI is InChI=1S/C41H70N2O11/c1-4-6-8-10-12-14-16-34(40(46)47)31-38(44)53-28-26-51-23-21-43(36-18-19-37(42)33(3)30-36)20-22-50-24-25-52-27-29-54-39(45)32-35(41(48)49)17-15-13-11-9-7-5-2/h18-19,30,34-35H,4-17,20-29,31-32,42H2,1-3H3,(H,46,47)(H,48,49). The Hall–Kier alpha value is -3.42. The molecular formula is C41H70N2O11. The summed E-state index contributed by atoms with van der Waals surface area (Å²) in [5.41, 5.74) is 8.64. The van der Waals surface area contributed by atoms with Crippen molar-refractivity contribution in [1.29, 1.82) is 0 Å². The summed E-state index contributed by atoms with van der Waals surface area (Å²) < 4.78 is 27.5. The molecule has 13 heteroatoms. The van der Waals surface area contributed by atoms with E-state index in [0.717, 1.165) is 75.5 Å². The number of ether oxygens (including phenoxy) is 5. The molecule has 0 aliphatic heterocycles. The third-order valence-electron chi connectivity index (χ3n) is 9.32. The lowest BCUT2D eigenvalue weighted by Crippen LogP contribution is -2.31. The highest BCUT2D eigenvalue weighted by atomic mass is 16.6. The van der Waals surface area contributed by atoms with Crippen molar-refractivity contribution in [2.24, 2.45) is 11.8 Å². The molecule has 0 amide bonds. The molecule has 54 heavy (non-hydrogen) atoms. The summed E-state index contributed by atoms with van der Waals surface area (Å²) in [6.45, 7) is 9.26. The summed E-state index contributed by atoms with van der Waals surface area (Å²) in [5, 5.41) is 19.0. The van der Waals surface area contributed by atoms with Crippen LogP contribution in [0.1, 0.15) is 122 Å². The molecule has 2 atom stereocenters. The summed E-state index contributed by atoms with van der Waals surface area (Å²) in [5.74, 6) is -4.44. The Balaban J connectivity index is 2.31. The van der Waals surface area contributed by atoms with Crippen LogP contribution in [0.15, 0.2) is 18.2 Å². The van der Waals surface area contributed by atoms with Crippen LogP contribution in [0, 0.1) is 18.8 Å². The minimum atomic E-state index is -0.966. The lowest BCUT2D eigenvalue weighted by molar-refractivity contribution is -0.152. The third-order valence-corrected chi connectivity index (χ3v) is 9.32. The van der Waals surface area contributed by atoms with E-state index >= 15 is 0 Å². The van der Waals surface area contributed by atoms with E-state index in [0.29, 0.717) is 58.0 Å². The normalized spacial score (nSPS) is 12.3. The number of hydrogen-bond acceptors (Lipinski definition) is 11. The van der Waals surface area contributed by atoms with Gasteiger partial charge in [0, 0.05) is 24.5 Å². The number of hydrogen-bond donors (Lipinski definition) is 3. The number of aryl methyl sites for hydroxylation is 1. The second-order valence-electron chi connectivity index (χ2n) is 13.9. The number of carbonyl (C=O) groups excluding carboxylic acids is 2. The highest BCUT2D eigenvalue weighted by Crippen LogP contribution is 2.21. The molecular weight excluding hydrogens is 696 g/mol. The number of nitrogens with two attached hydrogens (primary N) is 1. The fraction of sp³-hybridized carbons (Fsp3) is 0.756. The zero-order chi connectivity index (χ0) is 39.8. The molecule has 0 fully saturated rings. The van der Waals surface area contributed by atoms with Crippen LogP contribution in [-0.4, -0.2) is 100 Å². The largest absolute Gasteiger partial charge is 0.481 e. The van der Waals surface area contributed by atoms with Crippen molar-refractivity contribution >= 4 is 35.3 Å². The first kappa shape index (κ1) is 48.6. The minimum Gasteiger partial charge on any atom is -0.481 e. The van der Waals surface area contributed by atoms with Crippen LogP contribution < -0.4 is 10.6 Å². The monoisotopic (exact) mass is 766 g/mol. The van der Waals surface area contributed by atoms with Crippen molar-refractivity contribution < 1.29 is 53.1 Å². The van der Waals surface area contributed by atoms with Crippen LogP contribution in [0.4, 0.5) is 11.4 Å². The van der Waals surface area contributed by atoms with Gasteiger partial charge in [-0.05, 0) is 43.5 Å². The van der Waals surface area contributed by atoms with Gasteiger partial charge in [0.25, 0.3) is 0 Å². The Kier molecular flexibility index (Phi) is 28.7. The van der Waals surface area contributed by atoms with Crippen molar-refractivity contribution in [2.45, 2.75) is 124 Å². The Morgan fingerprint density at radius 3 is 1.44 bits per heavy atom. The number of nitrogens with zero attached hydrogens (tertiary/aromatic N) is 1. The summed E-state index contributed by atoms with van der Waals surface area (Å²) in [6.07, 6.45) is 13.4. The van der Waals surface area contributed by atoms with Gasteiger partial charge in [-0.2, -0.15) is 0 Å². The molecule has 0 saturated heterocycles. The molecule has 0 radical (unpaired) electrons. The van der Waals surface area contributed by atoms with Gasteiger partial charge in [-0.3, -0.25) is 19.2 Å². The Bertz CT molecular complexity index is 1170. The molecule has 0 aromatic heterocycles. The Labute approximate surface area is 323 Å². The van der Waals surface area contributed by atoms with E-state index in [1.54, 1.807) is 0 Å². The summed E-state index contributed by atoms with van der Waals surface area (Å²) >= 11 is 0. The fourth-order valence-electron chi connectivity index (χ4n) is 5.92. The number of carbonyl (C=O) groups is 4. The van der Waals surface area contributed by atoms with Crippen molar-refractivity contribution in [3.8, 4) is 0 Å². The van der Waals surface area contributed by atoms with Gasteiger partial charge in [0.1, 0.15) is 13.2 Å². The number of carboxylic acids is 2. The maximum atomic E-state index is 12.3. The molecule has 13 nitrogen and oxygen atoms in total. The maximum absolute atomic E-state index is 12.3. The molecule has 0 aliphatic carbocycles. The minimum absolute atomic E-state index is 0.0492. The summed E-state index contributed by atoms with van der Waals surface area (Å²) in [6, 6.07) is 5.79. The van der Waals surface area contributed by atoms with Crippen LogP contribution >= 0.6 is 0 Å². The lowest BCUT2D eigenvalue weighted by atomic mass is 9.97. The van der Waals surface area contributed by atoms with Gasteiger partial charge >= 0.3 is 23.9 Å². The molecule has 0 saturated carbocycles. The van der Waals surface area contributed by atoms with Crippen LogP contribution in [0.2, 0.25) is 0 Å². The second-order valence-corrected chi connectivity index (χ2v) is 13.9. The quantitative estimate of drug-likeness (QED) is 0.0354. The van der Waals surface area contributed by atoms with Gasteiger partial charge in [-0.25, -0.2) is 0 Å². The highest BCUT2D eigenvalue weighted by Gasteiger charge is 2.23. The van der Waals surface area contributed by atoms with Crippen molar-refractivity contribution in [1.82, 2.24) is 0 Å². The van der Waals surface area contributed by atoms with Crippen LogP contribution in [0.5, 0.6) is 0 Å². The SMILES string of the molecule is CCCCCCCCC(CC(=O)OCCOCCOCCN(CCOCCOC(=O)CC(CCCCCCCC)C(=O)O)c1ccc(N)c(C)c1)C(=O)O. The van der Waals surface area contributed by atoms with E-state index in [1.807, 2.05) is 25.1 Å². The number of benzene rings is 1.